The van der Waals surface area contributed by atoms with Gasteiger partial charge in [-0.2, -0.15) is 23.5 Å². The third-order valence-electron chi connectivity index (χ3n) is 7.65. The van der Waals surface area contributed by atoms with Crippen LogP contribution in [0.5, 0.6) is 0 Å². The molecule has 1 amide bonds. The van der Waals surface area contributed by atoms with Crippen LogP contribution in [-0.4, -0.2) is 57.1 Å². The minimum atomic E-state index is -4.72. The van der Waals surface area contributed by atoms with Crippen LogP contribution in [0.3, 0.4) is 0 Å². The van der Waals surface area contributed by atoms with Crippen molar-refractivity contribution < 1.29 is 18.0 Å². The number of H-pyrrole nitrogens is 1. The number of carbonyl (C=O) groups is 1. The maximum atomic E-state index is 13.6. The SMILES string of the molecule is CC.CCCCCN(CCC)C(=O)C(CCC)CN(CCC)C1CCc2c1n[nH]c(=O)c2C(F)(F)F.Cc1ccc(C#N)cn1. The summed E-state index contributed by atoms with van der Waals surface area (Å²) in [4.78, 5) is 33.5. The Morgan fingerprint density at radius 2 is 1.76 bits per heavy atom. The molecule has 0 radical (unpaired) electrons. The summed E-state index contributed by atoms with van der Waals surface area (Å²) < 4.78 is 40.7. The topological polar surface area (TPSA) is 106 Å². The molecule has 2 aromatic heterocycles. The van der Waals surface area contributed by atoms with Gasteiger partial charge in [-0.05, 0) is 69.7 Å². The molecule has 0 aliphatic heterocycles. The minimum Gasteiger partial charge on any atom is -0.342 e. The zero-order valence-corrected chi connectivity index (χ0v) is 28.3. The molecular formula is C34H53F3N6O2. The van der Waals surface area contributed by atoms with Gasteiger partial charge in [0.2, 0.25) is 5.91 Å². The van der Waals surface area contributed by atoms with Crippen molar-refractivity contribution in [2.24, 2.45) is 5.92 Å². The lowest BCUT2D eigenvalue weighted by atomic mass is 9.99. The van der Waals surface area contributed by atoms with E-state index in [0.29, 0.717) is 30.8 Å². The fraction of sp³-hybridized carbons (Fsp3) is 0.676. The molecule has 1 aliphatic rings. The van der Waals surface area contributed by atoms with Crippen LogP contribution in [-0.2, 0) is 17.4 Å². The lowest BCUT2D eigenvalue weighted by Gasteiger charge is -2.34. The summed E-state index contributed by atoms with van der Waals surface area (Å²) in [7, 11) is 0. The van der Waals surface area contributed by atoms with Crippen molar-refractivity contribution in [3.05, 3.63) is 56.8 Å². The number of alkyl halides is 3. The van der Waals surface area contributed by atoms with Gasteiger partial charge in [-0.15, -0.1) is 0 Å². The quantitative estimate of drug-likeness (QED) is 0.214. The number of aromatic nitrogens is 3. The summed E-state index contributed by atoms with van der Waals surface area (Å²) in [6.07, 6.45) is 3.92. The smallest absolute Gasteiger partial charge is 0.342 e. The van der Waals surface area contributed by atoms with Crippen LogP contribution >= 0.6 is 0 Å². The van der Waals surface area contributed by atoms with Gasteiger partial charge in [0.25, 0.3) is 5.56 Å². The Morgan fingerprint density at radius 3 is 2.29 bits per heavy atom. The van der Waals surface area contributed by atoms with E-state index in [-0.39, 0.29) is 29.9 Å². The Morgan fingerprint density at radius 1 is 1.07 bits per heavy atom. The van der Waals surface area contributed by atoms with Gasteiger partial charge >= 0.3 is 6.18 Å². The molecular weight excluding hydrogens is 581 g/mol. The first-order valence-corrected chi connectivity index (χ1v) is 16.6. The predicted octanol–water partition coefficient (Wildman–Crippen LogP) is 7.62. The molecule has 2 aromatic rings. The number of nitrogens with zero attached hydrogens (tertiary/aromatic N) is 5. The molecule has 0 aromatic carbocycles. The van der Waals surface area contributed by atoms with E-state index in [1.807, 2.05) is 44.7 Å². The molecule has 0 fully saturated rings. The summed E-state index contributed by atoms with van der Waals surface area (Å²) in [6, 6.07) is 5.23. The molecule has 0 spiro atoms. The molecule has 45 heavy (non-hydrogen) atoms. The van der Waals surface area contributed by atoms with Gasteiger partial charge in [0, 0.05) is 31.5 Å². The van der Waals surface area contributed by atoms with Crippen LogP contribution in [0.25, 0.3) is 0 Å². The number of nitrogens with one attached hydrogen (secondary N) is 1. The molecule has 0 saturated carbocycles. The first-order valence-electron chi connectivity index (χ1n) is 16.6. The number of halogens is 3. The highest BCUT2D eigenvalue weighted by Gasteiger charge is 2.42. The molecule has 1 N–H and O–H groups in total. The van der Waals surface area contributed by atoms with Crippen molar-refractivity contribution >= 4 is 5.91 Å². The molecule has 2 heterocycles. The highest BCUT2D eigenvalue weighted by atomic mass is 19.4. The summed E-state index contributed by atoms with van der Waals surface area (Å²) >= 11 is 0. The number of carbonyl (C=O) groups excluding carboxylic acids is 1. The number of aryl methyl sites for hydroxylation is 1. The predicted molar refractivity (Wildman–Crippen MR) is 173 cm³/mol. The number of aromatic amines is 1. The average molecular weight is 635 g/mol. The maximum Gasteiger partial charge on any atom is 0.422 e. The third-order valence-corrected chi connectivity index (χ3v) is 7.65. The monoisotopic (exact) mass is 634 g/mol. The fourth-order valence-corrected chi connectivity index (χ4v) is 5.63. The fourth-order valence-electron chi connectivity index (χ4n) is 5.63. The zero-order valence-electron chi connectivity index (χ0n) is 28.3. The summed E-state index contributed by atoms with van der Waals surface area (Å²) in [5.41, 5.74) is -0.447. The van der Waals surface area contributed by atoms with Gasteiger partial charge in [-0.25, -0.2) is 5.10 Å². The van der Waals surface area contributed by atoms with E-state index in [2.05, 4.69) is 40.9 Å². The van der Waals surface area contributed by atoms with Gasteiger partial charge in [0.15, 0.2) is 0 Å². The second kappa shape index (κ2) is 20.7. The van der Waals surface area contributed by atoms with Crippen molar-refractivity contribution in [3.8, 4) is 6.07 Å². The molecule has 2 atom stereocenters. The average Bonchev–Trinajstić information content (AvgIpc) is 3.44. The summed E-state index contributed by atoms with van der Waals surface area (Å²) in [5, 5.41) is 14.5. The highest BCUT2D eigenvalue weighted by Crippen LogP contribution is 2.40. The third kappa shape index (κ3) is 12.2. The Hall–Kier alpha value is -3.26. The van der Waals surface area contributed by atoms with Crippen LogP contribution in [0.4, 0.5) is 13.2 Å². The van der Waals surface area contributed by atoms with E-state index in [0.717, 1.165) is 63.7 Å². The van der Waals surface area contributed by atoms with Gasteiger partial charge in [-0.1, -0.05) is 60.8 Å². The van der Waals surface area contributed by atoms with E-state index in [9.17, 15) is 22.8 Å². The number of amides is 1. The van der Waals surface area contributed by atoms with E-state index < -0.39 is 17.3 Å². The maximum absolute atomic E-state index is 13.6. The van der Waals surface area contributed by atoms with E-state index >= 15 is 0 Å². The van der Waals surface area contributed by atoms with Crippen LogP contribution in [0.2, 0.25) is 0 Å². The lowest BCUT2D eigenvalue weighted by molar-refractivity contribution is -0.139. The minimum absolute atomic E-state index is 0.00731. The molecule has 3 rings (SSSR count). The van der Waals surface area contributed by atoms with Gasteiger partial charge in [0.05, 0.1) is 23.2 Å². The summed E-state index contributed by atoms with van der Waals surface area (Å²) in [5.74, 6) is -0.0665. The number of rotatable bonds is 14. The first-order chi connectivity index (χ1) is 21.5. The van der Waals surface area contributed by atoms with Crippen LogP contribution < -0.4 is 5.56 Å². The number of fused-ring (bicyclic) bond motifs is 1. The number of hydrogen-bond acceptors (Lipinski definition) is 6. The number of unbranched alkanes of at least 4 members (excludes halogenated alkanes) is 2. The zero-order chi connectivity index (χ0) is 34.0. The number of hydrogen-bond donors (Lipinski definition) is 1. The standard InChI is InChI=1S/C25H41F3N4O2.C7H6N2.C2H6/c1-5-9-10-16-31(14-7-3)24(34)18(11-6-2)17-32(15-8-4)20-13-12-19-21(25(26,27)28)23(33)30-29-22(19)20;1-6-2-3-7(4-8)5-9-6;1-2/h18,20H,5-17H2,1-4H3,(H,30,33);2-3,5H,1H3;1-2H3. The molecule has 1 aliphatic carbocycles. The Kier molecular flexibility index (Phi) is 18.3. The molecule has 11 heteroatoms. The van der Waals surface area contributed by atoms with Crippen molar-refractivity contribution in [1.82, 2.24) is 25.0 Å². The van der Waals surface area contributed by atoms with Crippen LogP contribution in [0.15, 0.2) is 23.1 Å². The van der Waals surface area contributed by atoms with Crippen LogP contribution in [0, 0.1) is 24.2 Å². The molecule has 252 valence electrons. The Bertz CT molecular complexity index is 1240. The first kappa shape index (κ1) is 39.8. The van der Waals surface area contributed by atoms with Gasteiger partial charge in [-0.3, -0.25) is 19.5 Å². The number of nitriles is 1. The van der Waals surface area contributed by atoms with Crippen molar-refractivity contribution in [1.29, 1.82) is 5.26 Å². The van der Waals surface area contributed by atoms with E-state index in [4.69, 9.17) is 5.26 Å². The normalized spacial score (nSPS) is 14.4. The molecule has 0 bridgehead atoms. The molecule has 0 saturated heterocycles. The second-order valence-corrected chi connectivity index (χ2v) is 11.2. The van der Waals surface area contributed by atoms with Gasteiger partial charge in [0.1, 0.15) is 11.6 Å². The van der Waals surface area contributed by atoms with Crippen molar-refractivity contribution in [2.45, 2.75) is 118 Å². The molecule has 2 unspecified atom stereocenters. The van der Waals surface area contributed by atoms with Crippen molar-refractivity contribution in [3.63, 3.8) is 0 Å². The lowest BCUT2D eigenvalue weighted by Crippen LogP contribution is -2.43. The van der Waals surface area contributed by atoms with E-state index in [1.165, 1.54) is 0 Å². The highest BCUT2D eigenvalue weighted by molar-refractivity contribution is 5.79. The summed E-state index contributed by atoms with van der Waals surface area (Å²) in [6.45, 7) is 16.8. The van der Waals surface area contributed by atoms with Crippen molar-refractivity contribution in [2.75, 3.05) is 26.2 Å². The van der Waals surface area contributed by atoms with Crippen LogP contribution in [0.1, 0.15) is 127 Å². The van der Waals surface area contributed by atoms with Gasteiger partial charge < -0.3 is 4.90 Å². The molecule has 8 nitrogen and oxygen atoms in total. The number of pyridine rings is 1. The largest absolute Gasteiger partial charge is 0.422 e. The second-order valence-electron chi connectivity index (χ2n) is 11.2. The van der Waals surface area contributed by atoms with E-state index in [1.54, 1.807) is 12.3 Å². The Labute approximate surface area is 267 Å². The Balaban J connectivity index is 0.000000777.